The normalized spacial score (nSPS) is 10.9. The second-order valence-corrected chi connectivity index (χ2v) is 32.8. The molecule has 0 radical (unpaired) electrons. The van der Waals surface area contributed by atoms with E-state index < -0.39 is 0 Å². The smallest absolute Gasteiger partial charge is 0.0894 e. The Bertz CT molecular complexity index is 6060. The molecular formula is C113H78B2N9PSi. The fourth-order valence-electron chi connectivity index (χ4n) is 15.7. The molecule has 590 valence electrons. The molecule has 13 heteroatoms. The zero-order valence-corrected chi connectivity index (χ0v) is 70.7. The standard InChI is InChI=1S/C14H10.C13H9N.C13H9P.C13H10Si.C12H8B2.4C12H8N2/c1-2-6-12-10-14-8-4-3-7-13(14)9-11(12)5-1;3*1-2-5-11-9-13-12(6-3-7-14-13)8-10(11)4-1;1-2-4-10-8-12-11(5-6-13-14-12)7-9(10)3-1;1-3-9-7-12-10(4-2-6-14-12)8-11(9)13-5-1;1-3-9-7-10-4-2-6-14-12(10)8-11(9)13-5-1;1-2-5-10-9(4-1)8-12-11(14-10)6-3-7-13-12;1-2-4-10-8-12-11(7-9(10)3-1)13-5-6-14-12/h1-10H;2*1-9H;1-9,14H;5*1-8H. The average molecular weight is 1640 g/mol. The van der Waals surface area contributed by atoms with Crippen LogP contribution in [0.2, 0.25) is 0 Å². The van der Waals surface area contributed by atoms with Crippen LogP contribution in [0.5, 0.6) is 0 Å². The summed E-state index contributed by atoms with van der Waals surface area (Å²) in [6, 6.07) is 139. The van der Waals surface area contributed by atoms with Crippen LogP contribution >= 0.6 is 8.19 Å². The third-order valence-electron chi connectivity index (χ3n) is 22.1. The first-order chi connectivity index (χ1) is 62.4. The van der Waals surface area contributed by atoms with Gasteiger partial charge in [-0.25, -0.2) is 4.98 Å². The van der Waals surface area contributed by atoms with Crippen molar-refractivity contribution in [3.05, 3.63) is 467 Å². The topological polar surface area (TPSA) is 116 Å². The number of rotatable bonds is 0. The van der Waals surface area contributed by atoms with Crippen LogP contribution in [0.15, 0.2) is 467 Å². The zero-order valence-electron chi connectivity index (χ0n) is 68.7. The van der Waals surface area contributed by atoms with Crippen molar-refractivity contribution in [3.63, 3.8) is 0 Å². The SMILES string of the molecule is b1bc2cc3ccccc3cc2cc1.c1ccc2cc3[siH]cccc3cc2c1.c1ccc2cc3ccccc3cc2c1.c1ccc2cc3ncccc3cc2c1.c1ccc2cc3nccnc3cc2c1.c1ccc2cc3pcccc3cc2c1.c1ccc2nc3cccnc3cc2c1.c1cnc2cc3cccnc3cc2c1.c1cnc2cc3ncccc3cc2c1. The summed E-state index contributed by atoms with van der Waals surface area (Å²) in [6.45, 7) is 4.23. The molecule has 0 N–H and O–H groups in total. The molecule has 0 aliphatic rings. The number of nitrogens with zero attached hydrogens (tertiary/aromatic N) is 9. The number of aromatic nitrogens is 9. The van der Waals surface area contributed by atoms with Gasteiger partial charge in [0.05, 0.1) is 55.2 Å². The first kappa shape index (κ1) is 79.9. The van der Waals surface area contributed by atoms with E-state index in [9.17, 15) is 0 Å². The van der Waals surface area contributed by atoms with E-state index in [1.165, 1.54) is 121 Å². The van der Waals surface area contributed by atoms with Crippen molar-refractivity contribution in [1.82, 2.24) is 44.9 Å². The van der Waals surface area contributed by atoms with Gasteiger partial charge in [-0.15, -0.1) is 0 Å². The molecule has 0 bridgehead atoms. The van der Waals surface area contributed by atoms with Crippen LogP contribution in [0, 0.1) is 0 Å². The predicted octanol–water partition coefficient (Wildman–Crippen LogP) is 28.8. The first-order valence-corrected chi connectivity index (χ1v) is 44.1. The van der Waals surface area contributed by atoms with Gasteiger partial charge < -0.3 is 0 Å². The number of fused-ring (bicyclic) bond motifs is 18. The van der Waals surface area contributed by atoms with Crippen LogP contribution in [0.3, 0.4) is 0 Å². The number of hydrogen-bond donors (Lipinski definition) is 0. The van der Waals surface area contributed by atoms with E-state index in [1.807, 2.05) is 97.5 Å². The molecule has 27 aromatic rings. The summed E-state index contributed by atoms with van der Waals surface area (Å²) in [6.07, 6.45) is 14.3. The van der Waals surface area contributed by atoms with E-state index >= 15 is 0 Å². The summed E-state index contributed by atoms with van der Waals surface area (Å²) >= 11 is 0. The first-order valence-electron chi connectivity index (χ1n) is 41.9. The largest absolute Gasteiger partial charge is 0.256 e. The van der Waals surface area contributed by atoms with E-state index in [4.69, 9.17) is 0 Å². The van der Waals surface area contributed by atoms with Crippen LogP contribution in [0.25, 0.3) is 194 Å². The molecule has 0 saturated carbocycles. The molecule has 11 heterocycles. The Labute approximate surface area is 732 Å². The molecule has 11 aromatic heterocycles. The maximum atomic E-state index is 4.52. The zero-order chi connectivity index (χ0) is 84.4. The molecule has 27 rings (SSSR count). The van der Waals surface area contributed by atoms with Crippen LogP contribution < -0.4 is 0 Å². The van der Waals surface area contributed by atoms with Gasteiger partial charge in [-0.3, -0.25) is 39.9 Å². The van der Waals surface area contributed by atoms with Crippen LogP contribution in [0.4, 0.5) is 0 Å². The van der Waals surface area contributed by atoms with Gasteiger partial charge in [-0.2, -0.15) is 0 Å². The van der Waals surface area contributed by atoms with Crippen molar-refractivity contribution >= 4 is 225 Å². The average Bonchev–Trinajstić information content (AvgIpc) is 0.863. The van der Waals surface area contributed by atoms with Crippen LogP contribution in [-0.4, -0.2) is 67.6 Å². The Hall–Kier alpha value is -15.8. The van der Waals surface area contributed by atoms with E-state index in [-0.39, 0.29) is 0 Å². The molecule has 0 amide bonds. The van der Waals surface area contributed by atoms with Crippen molar-refractivity contribution in [3.8, 4) is 0 Å². The molecule has 0 unspecified atom stereocenters. The van der Waals surface area contributed by atoms with Crippen molar-refractivity contribution in [2.75, 3.05) is 0 Å². The number of pyridine rings is 7. The Morgan fingerprint density at radius 2 is 0.476 bits per heavy atom. The summed E-state index contributed by atoms with van der Waals surface area (Å²) < 4.78 is 0. The minimum atomic E-state index is 0.341. The Morgan fingerprint density at radius 1 is 0.190 bits per heavy atom. The van der Waals surface area contributed by atoms with E-state index in [1.54, 1.807) is 31.0 Å². The van der Waals surface area contributed by atoms with E-state index in [0.717, 1.165) is 82.1 Å². The Kier molecular flexibility index (Phi) is 24.4. The second-order valence-electron chi connectivity index (χ2n) is 30.4. The van der Waals surface area contributed by atoms with Gasteiger partial charge in [-0.05, 0) is 220 Å². The minimum Gasteiger partial charge on any atom is -0.256 e. The number of hydrogen-bond acceptors (Lipinski definition) is 9. The van der Waals surface area contributed by atoms with Crippen molar-refractivity contribution in [2.24, 2.45) is 0 Å². The molecular weight excluding hydrogens is 1560 g/mol. The molecule has 0 aliphatic heterocycles. The molecule has 16 aromatic carbocycles. The summed E-state index contributed by atoms with van der Waals surface area (Å²) in [5.41, 5.74) is 12.2. The summed E-state index contributed by atoms with van der Waals surface area (Å²) in [5.74, 6) is 4.26. The van der Waals surface area contributed by atoms with Gasteiger partial charge in [-0.1, -0.05) is 238 Å². The van der Waals surface area contributed by atoms with Crippen molar-refractivity contribution < 1.29 is 0 Å². The van der Waals surface area contributed by atoms with E-state index in [2.05, 4.69) is 397 Å². The van der Waals surface area contributed by atoms with Crippen molar-refractivity contribution in [1.29, 1.82) is 0 Å². The predicted molar refractivity (Wildman–Crippen MR) is 541 cm³/mol. The summed E-state index contributed by atoms with van der Waals surface area (Å²) in [4.78, 5) is 40.4. The molecule has 0 fully saturated rings. The summed E-state index contributed by atoms with van der Waals surface area (Å²) in [7, 11) is 1.65. The van der Waals surface area contributed by atoms with Gasteiger partial charge in [0.1, 0.15) is 0 Å². The molecule has 0 atom stereocenters. The van der Waals surface area contributed by atoms with Crippen LogP contribution in [0.1, 0.15) is 0 Å². The Morgan fingerprint density at radius 3 is 0.960 bits per heavy atom. The third kappa shape index (κ3) is 19.2. The minimum absolute atomic E-state index is 0.341. The molecule has 9 nitrogen and oxygen atoms in total. The Balaban J connectivity index is 0.0000000926. The monoisotopic (exact) mass is 1640 g/mol. The number of para-hydroxylation sites is 1. The van der Waals surface area contributed by atoms with Gasteiger partial charge in [0, 0.05) is 96.1 Å². The fraction of sp³-hybridized carbons (Fsp3) is 0. The fourth-order valence-corrected chi connectivity index (χ4v) is 17.6. The molecule has 126 heavy (non-hydrogen) atoms. The van der Waals surface area contributed by atoms with Crippen molar-refractivity contribution in [2.45, 2.75) is 0 Å². The van der Waals surface area contributed by atoms with E-state index in [0.29, 0.717) is 9.12 Å². The quantitative estimate of drug-likeness (QED) is 0.108. The molecule has 0 saturated heterocycles. The van der Waals surface area contributed by atoms with Gasteiger partial charge >= 0.3 is 83.5 Å². The number of benzene rings is 16. The molecule has 0 spiro atoms. The second kappa shape index (κ2) is 38.5. The van der Waals surface area contributed by atoms with Gasteiger partial charge in [0.2, 0.25) is 0 Å². The maximum Gasteiger partial charge on any atom is 0.0894 e. The third-order valence-corrected chi connectivity index (χ3v) is 24.3. The maximum absolute atomic E-state index is 4.52. The van der Waals surface area contributed by atoms with Gasteiger partial charge in [0.25, 0.3) is 0 Å². The van der Waals surface area contributed by atoms with Gasteiger partial charge in [0.15, 0.2) is 0 Å². The molecule has 0 aliphatic carbocycles. The summed E-state index contributed by atoms with van der Waals surface area (Å²) in [5, 5.41) is 31.9. The van der Waals surface area contributed by atoms with Crippen LogP contribution in [-0.2, 0) is 0 Å².